The summed E-state index contributed by atoms with van der Waals surface area (Å²) in [6, 6.07) is 27.3. The Kier molecular flexibility index (Phi) is 19.4. The maximum atomic E-state index is 7.68. The number of halogens is 12. The van der Waals surface area contributed by atoms with Crippen molar-refractivity contribution < 1.29 is 47.9 Å². The minimum atomic E-state index is -0.420. The van der Waals surface area contributed by atoms with Gasteiger partial charge in [0.05, 0.1) is 77.7 Å². The number of hydrogen-bond acceptors (Lipinski definition) is 12. The molecule has 13 rings (SSSR count). The molecule has 2 aliphatic rings. The quantitative estimate of drug-likeness (QED) is 0.0939. The van der Waals surface area contributed by atoms with Crippen LogP contribution in [0.4, 0.5) is 0 Å². The van der Waals surface area contributed by atoms with E-state index in [0.717, 1.165) is 16.7 Å². The van der Waals surface area contributed by atoms with Gasteiger partial charge in [0.25, 0.3) is 0 Å². The van der Waals surface area contributed by atoms with E-state index in [1.165, 1.54) is 14.2 Å². The number of aromatic nitrogens is 8. The van der Waals surface area contributed by atoms with Crippen molar-refractivity contribution in [1.29, 1.82) is 0 Å². The first kappa shape index (κ1) is 70.9. The Morgan fingerprint density at radius 3 is 0.845 bits per heavy atom. The summed E-state index contributed by atoms with van der Waals surface area (Å²) in [5.74, 6) is 0.977. The maximum absolute atomic E-state index is 7.68. The molecule has 11 aromatic rings. The molecule has 490 valence electrons. The van der Waals surface area contributed by atoms with Gasteiger partial charge in [-0.25, -0.2) is 9.97 Å². The second-order valence-corrected chi connectivity index (χ2v) is 29.7. The summed E-state index contributed by atoms with van der Waals surface area (Å²) in [6.07, 6.45) is 0. The zero-order valence-corrected chi connectivity index (χ0v) is 65.0. The number of hydrogen-bond donors (Lipinski definition) is 0. The Morgan fingerprint density at radius 2 is 0.536 bits per heavy atom. The minimum Gasteiger partial charge on any atom is -0.493 e. The van der Waals surface area contributed by atoms with Gasteiger partial charge in [0.1, 0.15) is 37.3 Å². The van der Waals surface area contributed by atoms with Gasteiger partial charge in [-0.05, 0) is 46.6 Å². The number of fused-ring (bicyclic) bond motifs is 20. The van der Waals surface area contributed by atoms with E-state index < -0.39 is 16.2 Å². The predicted molar refractivity (Wildman–Crippen MR) is 389 cm³/mol. The van der Waals surface area contributed by atoms with Crippen LogP contribution in [0.2, 0.25) is 60.3 Å². The van der Waals surface area contributed by atoms with Crippen LogP contribution in [0.5, 0.6) is 57.5 Å². The van der Waals surface area contributed by atoms with E-state index in [4.69, 9.17) is 208 Å². The van der Waals surface area contributed by atoms with Crippen LogP contribution in [0, 0.1) is 0 Å². The molecule has 2 aliphatic heterocycles. The van der Waals surface area contributed by atoms with E-state index in [-0.39, 0.29) is 210 Å². The van der Waals surface area contributed by atoms with Crippen LogP contribution >= 0.6 is 139 Å². The fourth-order valence-electron chi connectivity index (χ4n) is 11.4. The average Bonchev–Trinajstić information content (AvgIpc) is 1.61. The first-order chi connectivity index (χ1) is 45.4. The number of nitrogens with zero attached hydrogens (tertiary/aromatic N) is 8. The third-order valence-corrected chi connectivity index (χ3v) is 20.7. The summed E-state index contributed by atoms with van der Waals surface area (Å²) in [6.45, 7) is 18.3. The molecule has 0 fully saturated rings. The third-order valence-electron chi connectivity index (χ3n) is 15.9. The van der Waals surface area contributed by atoms with Gasteiger partial charge in [0, 0.05) is 83.1 Å². The van der Waals surface area contributed by atoms with Gasteiger partial charge in [-0.3, -0.25) is 0 Å². The van der Waals surface area contributed by atoms with E-state index in [1.54, 1.807) is 36.4 Å². The molecule has 0 amide bonds. The van der Waals surface area contributed by atoms with Crippen molar-refractivity contribution in [3.05, 3.63) is 168 Å². The molecule has 0 saturated carbocycles. The SMILES string of the molecule is COc1cccc(OC)c1Oc1c(Cl)c(Cl)c2c3nc4nc(nc5[n-]c(nc6nc(nc([n-]3)c2c1Cl)-c1c(Cl)c(Oc2ccccc2C(C)(C)C)c(Cl)c(Cl)c1-6)c1c(Cl)c(Oc2ccccc2C(C)(C)C)c(Cl)c(Cl)c51)-c1c(Cl)c(Oc2ccccc2C(C)(C)C)c(Cl)c(Cl)c1-4.[Zn+2]. The monoisotopic (exact) mass is 1580 g/mol. The molecule has 3 aromatic heterocycles. The number of benzene rings is 8. The van der Waals surface area contributed by atoms with Gasteiger partial charge in [-0.1, -0.05) is 262 Å². The number of methoxy groups -OCH3 is 2. The van der Waals surface area contributed by atoms with Crippen LogP contribution in [-0.2, 0) is 35.7 Å². The Balaban J connectivity index is 0.00000897. The predicted octanol–water partition coefficient (Wildman–Crippen LogP) is 25.0. The van der Waals surface area contributed by atoms with Crippen molar-refractivity contribution in [1.82, 2.24) is 39.9 Å². The molecule has 97 heavy (non-hydrogen) atoms. The largest absolute Gasteiger partial charge is 2.00 e. The molecule has 8 bridgehead atoms. The second-order valence-electron chi connectivity index (χ2n) is 25.2. The fraction of sp³-hybridized carbons (Fsp3) is 0.200. The zero-order chi connectivity index (χ0) is 68.7. The standard InChI is InChI=1S/C70H48Cl12N8O6.Zn/c1-68(2,3)27-19-12-15-22-30(27)93-56-47(75)39-35(43(71)51(56)79)60-83-61-38-42(50(78)59(54(82)46(38)74)96-55-33(91-10)25-18-26-34(55)92-11)67(85-61)90-66-41-37(45(73)53(81)58(49(41)77)95-32-24-17-14-21-29(32)70(7,8)9)63(89-66)88-65-40-36(62(87-65)86-64(39)84-60)44(72)52(80)57(48(40)76)94-31-23-16-13-20-28(31)69(4,5)6;/h12-26H,1-11H3;/q-2;+2. The minimum absolute atomic E-state index is 0. The number of ether oxygens (including phenoxy) is 6. The van der Waals surface area contributed by atoms with E-state index in [0.29, 0.717) is 17.2 Å². The summed E-state index contributed by atoms with van der Waals surface area (Å²) in [5, 5.41) is -1.22. The van der Waals surface area contributed by atoms with Gasteiger partial charge in [-0.15, -0.1) is 0 Å². The molecule has 0 saturated heterocycles. The van der Waals surface area contributed by atoms with Gasteiger partial charge in [0.2, 0.25) is 5.75 Å². The molecule has 0 radical (unpaired) electrons. The van der Waals surface area contributed by atoms with Crippen LogP contribution in [0.1, 0.15) is 79.0 Å². The van der Waals surface area contributed by atoms with Crippen molar-refractivity contribution in [3.8, 4) is 103 Å². The Morgan fingerprint density at radius 1 is 0.278 bits per heavy atom. The number of rotatable bonds is 10. The van der Waals surface area contributed by atoms with Crippen molar-refractivity contribution >= 4 is 183 Å². The van der Waals surface area contributed by atoms with E-state index in [9.17, 15) is 0 Å². The van der Waals surface area contributed by atoms with Crippen molar-refractivity contribution in [2.75, 3.05) is 14.2 Å². The van der Waals surface area contributed by atoms with Crippen LogP contribution in [0.25, 0.3) is 89.7 Å². The van der Waals surface area contributed by atoms with E-state index in [2.05, 4.69) is 0 Å². The number of para-hydroxylation sites is 4. The Hall–Kier alpha value is -5.98. The summed E-state index contributed by atoms with van der Waals surface area (Å²) in [5.41, 5.74) is 0.876. The first-order valence-electron chi connectivity index (χ1n) is 29.2. The molecular weight excluding hydrogens is 1540 g/mol. The molecule has 0 atom stereocenters. The van der Waals surface area contributed by atoms with Gasteiger partial charge < -0.3 is 58.3 Å². The normalized spacial score (nSPS) is 12.2. The van der Waals surface area contributed by atoms with E-state index in [1.807, 2.05) is 117 Å². The molecule has 0 N–H and O–H groups in total. The molecule has 8 aromatic carbocycles. The van der Waals surface area contributed by atoms with Crippen LogP contribution in [0.3, 0.4) is 0 Å². The molecular formula is C70H48Cl12N8O6Zn. The second kappa shape index (κ2) is 26.5. The summed E-state index contributed by atoms with van der Waals surface area (Å²) < 4.78 is 38.2. The maximum Gasteiger partial charge on any atom is 2.00 e. The van der Waals surface area contributed by atoms with Gasteiger partial charge in [0.15, 0.2) is 34.5 Å². The molecule has 27 heteroatoms. The molecule has 0 spiro atoms. The smallest absolute Gasteiger partial charge is 0.493 e. The average molecular weight is 1590 g/mol. The van der Waals surface area contributed by atoms with Crippen LogP contribution in [0.15, 0.2) is 91.0 Å². The van der Waals surface area contributed by atoms with E-state index >= 15 is 0 Å². The molecule has 0 unspecified atom stereocenters. The summed E-state index contributed by atoms with van der Waals surface area (Å²) in [7, 11) is 2.91. The summed E-state index contributed by atoms with van der Waals surface area (Å²) >= 11 is 90.1. The van der Waals surface area contributed by atoms with Gasteiger partial charge in [-0.2, -0.15) is 0 Å². The Labute approximate surface area is 629 Å². The van der Waals surface area contributed by atoms with Crippen molar-refractivity contribution in [2.45, 2.75) is 78.6 Å². The molecule has 14 nitrogen and oxygen atoms in total. The fourth-order valence-corrected chi connectivity index (χ4v) is 14.8. The topological polar surface area (TPSA) is 161 Å². The Bertz CT molecular complexity index is 5340. The first-order valence-corrected chi connectivity index (χ1v) is 33.7. The molecule has 5 heterocycles. The van der Waals surface area contributed by atoms with Crippen LogP contribution < -0.4 is 38.4 Å². The van der Waals surface area contributed by atoms with Gasteiger partial charge >= 0.3 is 19.5 Å². The zero-order valence-electron chi connectivity index (χ0n) is 52.9. The molecule has 0 aliphatic carbocycles. The summed E-state index contributed by atoms with van der Waals surface area (Å²) in [4.78, 5) is 40.9. The van der Waals surface area contributed by atoms with Crippen LogP contribution in [-0.4, -0.2) is 44.1 Å². The van der Waals surface area contributed by atoms with Crippen molar-refractivity contribution in [3.63, 3.8) is 0 Å². The van der Waals surface area contributed by atoms with Crippen molar-refractivity contribution in [2.24, 2.45) is 0 Å². The third kappa shape index (κ3) is 12.2.